The zero-order valence-corrected chi connectivity index (χ0v) is 19.3. The molecule has 10 heteroatoms. The molecule has 174 valence electrons. The molecule has 0 atom stereocenters. The highest BCUT2D eigenvalue weighted by Gasteiger charge is 2.22. The zero-order chi connectivity index (χ0) is 23.2. The molecule has 0 unspecified atom stereocenters. The Labute approximate surface area is 196 Å². The first-order valence-electron chi connectivity index (χ1n) is 10.7. The minimum absolute atomic E-state index is 0.0577. The quantitative estimate of drug-likeness (QED) is 0.400. The molecule has 0 radical (unpaired) electrons. The summed E-state index contributed by atoms with van der Waals surface area (Å²) in [6.07, 6.45) is 0. The van der Waals surface area contributed by atoms with Gasteiger partial charge < -0.3 is 15.5 Å². The predicted molar refractivity (Wildman–Crippen MR) is 125 cm³/mol. The van der Waals surface area contributed by atoms with E-state index in [0.717, 1.165) is 19.6 Å². The molecule has 1 saturated heterocycles. The summed E-state index contributed by atoms with van der Waals surface area (Å²) < 4.78 is 19.9. The van der Waals surface area contributed by atoms with Crippen LogP contribution >= 0.6 is 11.8 Å². The maximum Gasteiger partial charge on any atom is 0.233 e. The van der Waals surface area contributed by atoms with E-state index in [1.54, 1.807) is 0 Å². The molecule has 1 fully saturated rings. The van der Waals surface area contributed by atoms with Crippen molar-refractivity contribution in [1.29, 1.82) is 0 Å². The van der Waals surface area contributed by atoms with Gasteiger partial charge in [-0.1, -0.05) is 41.6 Å². The number of amides is 1. The van der Waals surface area contributed by atoms with E-state index in [2.05, 4.69) is 46.3 Å². The van der Waals surface area contributed by atoms with Crippen molar-refractivity contribution in [3.63, 3.8) is 0 Å². The number of halogens is 1. The smallest absolute Gasteiger partial charge is 0.233 e. The topological polar surface area (TPSA) is 89.5 Å². The van der Waals surface area contributed by atoms with Crippen LogP contribution in [0.3, 0.4) is 0 Å². The molecule has 2 heterocycles. The lowest BCUT2D eigenvalue weighted by atomic mass is 10.1. The second-order valence-electron chi connectivity index (χ2n) is 7.95. The summed E-state index contributed by atoms with van der Waals surface area (Å²) >= 11 is 1.25. The molecule has 0 aliphatic carbocycles. The van der Waals surface area contributed by atoms with Gasteiger partial charge in [-0.05, 0) is 36.8 Å². The molecule has 2 N–H and O–H groups in total. The number of thioether (sulfide) groups is 1. The summed E-state index contributed by atoms with van der Waals surface area (Å²) in [7, 11) is 0. The van der Waals surface area contributed by atoms with Gasteiger partial charge in [0.1, 0.15) is 18.2 Å². The van der Waals surface area contributed by atoms with Crippen LogP contribution in [0.4, 0.5) is 4.39 Å². The summed E-state index contributed by atoms with van der Waals surface area (Å²) in [6.45, 7) is 6.20. The van der Waals surface area contributed by atoms with Gasteiger partial charge in [0.2, 0.25) is 11.1 Å². The fraction of sp³-hybridized carbons (Fsp3) is 0.348. The van der Waals surface area contributed by atoms with Crippen molar-refractivity contribution in [3.8, 4) is 5.75 Å². The van der Waals surface area contributed by atoms with Crippen molar-refractivity contribution >= 4 is 17.7 Å². The first-order chi connectivity index (χ1) is 16.0. The lowest BCUT2D eigenvalue weighted by molar-refractivity contribution is -0.130. The van der Waals surface area contributed by atoms with E-state index in [-0.39, 0.29) is 24.1 Å². The van der Waals surface area contributed by atoms with E-state index in [0.29, 0.717) is 29.8 Å². The summed E-state index contributed by atoms with van der Waals surface area (Å²) in [4.78, 5) is 16.9. The summed E-state index contributed by atoms with van der Waals surface area (Å²) in [5.74, 6) is 6.95. The molecule has 0 bridgehead atoms. The fourth-order valence-corrected chi connectivity index (χ4v) is 4.40. The van der Waals surface area contributed by atoms with E-state index < -0.39 is 0 Å². The lowest BCUT2D eigenvalue weighted by Gasteiger charge is -2.34. The largest absolute Gasteiger partial charge is 0.486 e. The third-order valence-electron chi connectivity index (χ3n) is 5.46. The maximum atomic E-state index is 13.0. The van der Waals surface area contributed by atoms with E-state index in [9.17, 15) is 9.18 Å². The van der Waals surface area contributed by atoms with E-state index in [4.69, 9.17) is 10.6 Å². The molecular formula is C23H27FN6O2S. The molecule has 33 heavy (non-hydrogen) atoms. The number of aryl methyl sites for hydroxylation is 1. The average Bonchev–Trinajstić information content (AvgIpc) is 3.17. The second-order valence-corrected chi connectivity index (χ2v) is 8.89. The van der Waals surface area contributed by atoms with Crippen LogP contribution in [0.25, 0.3) is 0 Å². The number of benzene rings is 2. The Kier molecular flexibility index (Phi) is 7.46. The molecular weight excluding hydrogens is 443 g/mol. The number of carbonyl (C=O) groups is 1. The number of nitrogens with zero attached hydrogens (tertiary/aromatic N) is 5. The van der Waals surface area contributed by atoms with Crippen LogP contribution < -0.4 is 10.6 Å². The zero-order valence-electron chi connectivity index (χ0n) is 18.5. The van der Waals surface area contributed by atoms with Crippen molar-refractivity contribution in [2.24, 2.45) is 0 Å². The Balaban J connectivity index is 1.22. The SMILES string of the molecule is Cc1cccc(CN2CCN(C(=O)CSc3nnc(COc4ccc(F)cc4)n3N)CC2)c1. The monoisotopic (exact) mass is 470 g/mol. The number of nitrogens with two attached hydrogens (primary N) is 1. The molecule has 3 aromatic rings. The highest BCUT2D eigenvalue weighted by atomic mass is 32.2. The first-order valence-corrected chi connectivity index (χ1v) is 11.7. The van der Waals surface area contributed by atoms with Gasteiger partial charge in [0.15, 0.2) is 5.82 Å². The molecule has 0 saturated carbocycles. The van der Waals surface area contributed by atoms with Gasteiger partial charge in [-0.2, -0.15) is 0 Å². The average molecular weight is 471 g/mol. The van der Waals surface area contributed by atoms with E-state index in [1.165, 1.54) is 51.8 Å². The Morgan fingerprint density at radius 3 is 2.61 bits per heavy atom. The number of nitrogen functional groups attached to an aromatic ring is 1. The van der Waals surface area contributed by atoms with Gasteiger partial charge in [-0.3, -0.25) is 9.69 Å². The molecule has 1 amide bonds. The highest BCUT2D eigenvalue weighted by Crippen LogP contribution is 2.18. The van der Waals surface area contributed by atoms with Crippen LogP contribution in [0.2, 0.25) is 0 Å². The minimum Gasteiger partial charge on any atom is -0.486 e. The number of carbonyl (C=O) groups excluding carboxylic acids is 1. The van der Waals surface area contributed by atoms with Crippen LogP contribution in [0.1, 0.15) is 17.0 Å². The van der Waals surface area contributed by atoms with Crippen LogP contribution in [0.5, 0.6) is 5.75 Å². The Morgan fingerprint density at radius 2 is 1.88 bits per heavy atom. The van der Waals surface area contributed by atoms with Crippen LogP contribution in [0, 0.1) is 12.7 Å². The number of hydrogen-bond donors (Lipinski definition) is 1. The molecule has 1 aliphatic rings. The third kappa shape index (κ3) is 6.23. The van der Waals surface area contributed by atoms with E-state index in [1.807, 2.05) is 4.90 Å². The molecule has 0 spiro atoms. The van der Waals surface area contributed by atoms with Crippen LogP contribution in [-0.4, -0.2) is 62.5 Å². The Hall–Kier alpha value is -3.11. The second kappa shape index (κ2) is 10.7. The van der Waals surface area contributed by atoms with Crippen molar-refractivity contribution < 1.29 is 13.9 Å². The number of piperazine rings is 1. The minimum atomic E-state index is -0.333. The van der Waals surface area contributed by atoms with Crippen LogP contribution in [-0.2, 0) is 17.9 Å². The van der Waals surface area contributed by atoms with Gasteiger partial charge in [0.05, 0.1) is 5.75 Å². The van der Waals surface area contributed by atoms with E-state index >= 15 is 0 Å². The van der Waals surface area contributed by atoms with Crippen LogP contribution in [0.15, 0.2) is 53.7 Å². The highest BCUT2D eigenvalue weighted by molar-refractivity contribution is 7.99. The molecule has 1 aromatic heterocycles. The summed E-state index contributed by atoms with van der Waals surface area (Å²) in [6, 6.07) is 14.2. The van der Waals surface area contributed by atoms with Crippen molar-refractivity contribution in [1.82, 2.24) is 24.7 Å². The lowest BCUT2D eigenvalue weighted by Crippen LogP contribution is -2.48. The van der Waals surface area contributed by atoms with Gasteiger partial charge >= 0.3 is 0 Å². The Bertz CT molecular complexity index is 1080. The van der Waals surface area contributed by atoms with Crippen molar-refractivity contribution in [2.45, 2.75) is 25.2 Å². The molecule has 8 nitrogen and oxygen atoms in total. The number of rotatable bonds is 8. The van der Waals surface area contributed by atoms with Gasteiger partial charge in [0, 0.05) is 32.7 Å². The van der Waals surface area contributed by atoms with Gasteiger partial charge in [-0.25, -0.2) is 9.07 Å². The fourth-order valence-electron chi connectivity index (χ4n) is 3.62. The summed E-state index contributed by atoms with van der Waals surface area (Å²) in [5, 5.41) is 8.53. The normalized spacial score (nSPS) is 14.4. The number of hydrogen-bond acceptors (Lipinski definition) is 7. The van der Waals surface area contributed by atoms with Crippen molar-refractivity contribution in [2.75, 3.05) is 37.8 Å². The number of aromatic nitrogens is 3. The third-order valence-corrected chi connectivity index (χ3v) is 6.38. The van der Waals surface area contributed by atoms with Gasteiger partial charge in [-0.15, -0.1) is 10.2 Å². The van der Waals surface area contributed by atoms with Gasteiger partial charge in [0.25, 0.3) is 0 Å². The first kappa shape index (κ1) is 23.1. The standard InChI is InChI=1S/C23H27FN6O2S/c1-17-3-2-4-18(13-17)14-28-9-11-29(12-10-28)22(31)16-33-23-27-26-21(30(23)25)15-32-20-7-5-19(24)6-8-20/h2-8,13H,9-12,14-16,25H2,1H3. The molecule has 2 aromatic carbocycles. The predicted octanol–water partition coefficient (Wildman–Crippen LogP) is 2.45. The molecule has 1 aliphatic heterocycles. The maximum absolute atomic E-state index is 13.0. The summed E-state index contributed by atoms with van der Waals surface area (Å²) in [5.41, 5.74) is 2.56. The molecule has 4 rings (SSSR count). The number of ether oxygens (including phenoxy) is 1. The Morgan fingerprint density at radius 1 is 1.12 bits per heavy atom. The van der Waals surface area contributed by atoms with Crippen molar-refractivity contribution in [3.05, 3.63) is 71.3 Å².